The second kappa shape index (κ2) is 7.79. The molecule has 1 saturated heterocycles. The van der Waals surface area contributed by atoms with E-state index < -0.39 is 17.8 Å². The first-order valence-electron chi connectivity index (χ1n) is 9.21. The predicted octanol–water partition coefficient (Wildman–Crippen LogP) is 3.17. The lowest BCUT2D eigenvalue weighted by molar-refractivity contribution is -0.134. The Labute approximate surface area is 175 Å². The van der Waals surface area contributed by atoms with Gasteiger partial charge in [0.25, 0.3) is 11.8 Å². The molecule has 0 atom stereocenters. The van der Waals surface area contributed by atoms with E-state index in [1.165, 1.54) is 0 Å². The molecule has 2 aromatic carbocycles. The highest BCUT2D eigenvalue weighted by atomic mass is 79.9. The lowest BCUT2D eigenvalue weighted by Gasteiger charge is -2.16. The second-order valence-electron chi connectivity index (χ2n) is 6.82. The van der Waals surface area contributed by atoms with Crippen molar-refractivity contribution in [2.75, 3.05) is 18.0 Å². The summed E-state index contributed by atoms with van der Waals surface area (Å²) in [5.74, 6) is -0.948. The van der Waals surface area contributed by atoms with Gasteiger partial charge in [-0.05, 0) is 48.9 Å². The molecule has 2 aromatic rings. The lowest BCUT2D eigenvalue weighted by atomic mass is 10.1. The molecule has 3 amide bonds. The van der Waals surface area contributed by atoms with Crippen LogP contribution in [-0.2, 0) is 9.59 Å². The maximum Gasteiger partial charge on any atom is 0.312 e. The van der Waals surface area contributed by atoms with Crippen LogP contribution < -0.4 is 9.64 Å². The summed E-state index contributed by atoms with van der Waals surface area (Å²) in [7, 11) is 0. The topological polar surface area (TPSA) is 84.0 Å². The van der Waals surface area contributed by atoms with Crippen LogP contribution in [0.15, 0.2) is 46.9 Å². The predicted molar refractivity (Wildman–Crippen MR) is 108 cm³/mol. The van der Waals surface area contributed by atoms with Crippen molar-refractivity contribution in [3.8, 4) is 5.75 Å². The van der Waals surface area contributed by atoms with E-state index >= 15 is 0 Å². The summed E-state index contributed by atoms with van der Waals surface area (Å²) in [5, 5.41) is 0. The third kappa shape index (κ3) is 3.80. The van der Waals surface area contributed by atoms with Crippen molar-refractivity contribution in [3.63, 3.8) is 0 Å². The molecule has 7 nitrogen and oxygen atoms in total. The Morgan fingerprint density at radius 1 is 1.00 bits per heavy atom. The third-order valence-corrected chi connectivity index (χ3v) is 5.42. The summed E-state index contributed by atoms with van der Waals surface area (Å²) in [6.45, 7) is 0.637. The summed E-state index contributed by atoms with van der Waals surface area (Å²) >= 11 is 3.28. The number of benzene rings is 2. The van der Waals surface area contributed by atoms with E-state index in [2.05, 4.69) is 15.9 Å². The van der Waals surface area contributed by atoms with Crippen LogP contribution in [-0.4, -0.2) is 41.7 Å². The Kier molecular flexibility index (Phi) is 5.19. The molecule has 29 heavy (non-hydrogen) atoms. The average molecular weight is 457 g/mol. The maximum atomic E-state index is 12.4. The van der Waals surface area contributed by atoms with Crippen LogP contribution in [0, 0.1) is 0 Å². The molecule has 8 heteroatoms. The molecule has 0 aliphatic carbocycles. The van der Waals surface area contributed by atoms with Crippen molar-refractivity contribution in [2.24, 2.45) is 0 Å². The normalized spacial score (nSPS) is 15.8. The highest BCUT2D eigenvalue weighted by Crippen LogP contribution is 2.27. The Balaban J connectivity index is 1.34. The number of esters is 1. The van der Waals surface area contributed by atoms with Crippen LogP contribution >= 0.6 is 15.9 Å². The molecule has 1 fully saturated rings. The van der Waals surface area contributed by atoms with Crippen LogP contribution in [0.3, 0.4) is 0 Å². The number of rotatable bonds is 5. The Hall–Kier alpha value is -3.00. The largest absolute Gasteiger partial charge is 0.426 e. The summed E-state index contributed by atoms with van der Waals surface area (Å²) < 4.78 is 5.99. The number of ether oxygens (including phenoxy) is 1. The van der Waals surface area contributed by atoms with Gasteiger partial charge in [-0.3, -0.25) is 24.1 Å². The van der Waals surface area contributed by atoms with Gasteiger partial charge in [-0.15, -0.1) is 0 Å². The number of hydrogen-bond donors (Lipinski definition) is 0. The highest BCUT2D eigenvalue weighted by molar-refractivity contribution is 9.10. The minimum Gasteiger partial charge on any atom is -0.426 e. The molecule has 148 valence electrons. The highest BCUT2D eigenvalue weighted by Gasteiger charge is 2.35. The van der Waals surface area contributed by atoms with Crippen molar-refractivity contribution in [3.05, 3.63) is 58.1 Å². The zero-order valence-corrected chi connectivity index (χ0v) is 17.0. The summed E-state index contributed by atoms with van der Waals surface area (Å²) in [5.41, 5.74) is 1.42. The summed E-state index contributed by atoms with van der Waals surface area (Å²) in [6.07, 6.45) is 1.27. The van der Waals surface area contributed by atoms with Gasteiger partial charge in [-0.2, -0.15) is 0 Å². The van der Waals surface area contributed by atoms with E-state index in [1.54, 1.807) is 47.4 Å². The van der Waals surface area contributed by atoms with E-state index in [4.69, 9.17) is 4.74 Å². The molecule has 0 saturated carbocycles. The molecule has 0 bridgehead atoms. The zero-order chi connectivity index (χ0) is 20.5. The van der Waals surface area contributed by atoms with Gasteiger partial charge in [-0.1, -0.05) is 15.9 Å². The molecule has 0 N–H and O–H groups in total. The molecule has 0 radical (unpaired) electrons. The minimum atomic E-state index is -0.548. The molecule has 0 aromatic heterocycles. The van der Waals surface area contributed by atoms with E-state index in [0.29, 0.717) is 34.3 Å². The van der Waals surface area contributed by atoms with Crippen molar-refractivity contribution >= 4 is 45.3 Å². The molecular weight excluding hydrogens is 440 g/mol. The SMILES string of the molecule is O=C(CCN1C(=O)c2ccc(Br)cc2C1=O)Oc1ccc(N2CCCC2=O)cc1. The van der Waals surface area contributed by atoms with Gasteiger partial charge in [0.15, 0.2) is 0 Å². The van der Waals surface area contributed by atoms with Gasteiger partial charge in [-0.25, -0.2) is 0 Å². The van der Waals surface area contributed by atoms with Crippen LogP contribution in [0.5, 0.6) is 5.75 Å². The van der Waals surface area contributed by atoms with Gasteiger partial charge in [0.05, 0.1) is 17.5 Å². The number of hydrogen-bond acceptors (Lipinski definition) is 5. The molecular formula is C21H17BrN2O5. The standard InChI is InChI=1S/C21H17BrN2O5/c22-13-3-8-16-17(12-13)21(28)24(20(16)27)11-9-19(26)29-15-6-4-14(5-7-15)23-10-1-2-18(23)25/h3-8,12H,1-2,9-11H2. The fraction of sp³-hybridized carbons (Fsp3) is 0.238. The number of carbonyl (C=O) groups is 4. The van der Waals surface area contributed by atoms with Crippen molar-refractivity contribution in [1.29, 1.82) is 0 Å². The number of amides is 3. The van der Waals surface area contributed by atoms with Crippen molar-refractivity contribution in [2.45, 2.75) is 19.3 Å². The molecule has 0 spiro atoms. The van der Waals surface area contributed by atoms with Crippen molar-refractivity contribution < 1.29 is 23.9 Å². The van der Waals surface area contributed by atoms with E-state index in [0.717, 1.165) is 17.0 Å². The molecule has 0 unspecified atom stereocenters. The lowest BCUT2D eigenvalue weighted by Crippen LogP contribution is -2.32. The third-order valence-electron chi connectivity index (χ3n) is 4.93. The number of nitrogens with zero attached hydrogens (tertiary/aromatic N) is 2. The summed E-state index contributed by atoms with van der Waals surface area (Å²) in [4.78, 5) is 51.5. The van der Waals surface area contributed by atoms with Crippen LogP contribution in [0.2, 0.25) is 0 Å². The van der Waals surface area contributed by atoms with Crippen LogP contribution in [0.4, 0.5) is 5.69 Å². The first-order chi connectivity index (χ1) is 13.9. The van der Waals surface area contributed by atoms with Gasteiger partial charge < -0.3 is 9.64 Å². The average Bonchev–Trinajstić information content (AvgIpc) is 3.23. The Bertz CT molecular complexity index is 1020. The fourth-order valence-electron chi connectivity index (χ4n) is 3.47. The molecule has 2 heterocycles. The van der Waals surface area contributed by atoms with Crippen molar-refractivity contribution in [1.82, 2.24) is 4.90 Å². The molecule has 4 rings (SSSR count). The maximum absolute atomic E-state index is 12.4. The van der Waals surface area contributed by atoms with Gasteiger partial charge in [0.2, 0.25) is 5.91 Å². The van der Waals surface area contributed by atoms with E-state index in [1.807, 2.05) is 0 Å². The van der Waals surface area contributed by atoms with E-state index in [9.17, 15) is 19.2 Å². The number of fused-ring (bicyclic) bond motifs is 1. The van der Waals surface area contributed by atoms with Gasteiger partial charge in [0.1, 0.15) is 5.75 Å². The van der Waals surface area contributed by atoms with Crippen LogP contribution in [0.1, 0.15) is 40.0 Å². The van der Waals surface area contributed by atoms with E-state index in [-0.39, 0.29) is 18.9 Å². The number of halogens is 1. The first-order valence-corrected chi connectivity index (χ1v) is 10.0. The molecule has 2 aliphatic heterocycles. The second-order valence-corrected chi connectivity index (χ2v) is 7.73. The minimum absolute atomic E-state index is 0.0524. The monoisotopic (exact) mass is 456 g/mol. The number of imide groups is 1. The fourth-order valence-corrected chi connectivity index (χ4v) is 3.83. The van der Waals surface area contributed by atoms with Gasteiger partial charge in [0, 0.05) is 29.7 Å². The quantitative estimate of drug-likeness (QED) is 0.391. The molecule has 2 aliphatic rings. The number of carbonyl (C=O) groups excluding carboxylic acids is 4. The Morgan fingerprint density at radius 2 is 1.72 bits per heavy atom. The smallest absolute Gasteiger partial charge is 0.312 e. The first kappa shape index (κ1) is 19.3. The van der Waals surface area contributed by atoms with Gasteiger partial charge >= 0.3 is 5.97 Å². The number of anilines is 1. The summed E-state index contributed by atoms with van der Waals surface area (Å²) in [6, 6.07) is 11.6. The Morgan fingerprint density at radius 3 is 2.41 bits per heavy atom. The zero-order valence-electron chi connectivity index (χ0n) is 15.4. The van der Waals surface area contributed by atoms with Crippen LogP contribution in [0.25, 0.3) is 0 Å².